The van der Waals surface area contributed by atoms with Crippen molar-refractivity contribution in [3.05, 3.63) is 35.4 Å². The lowest BCUT2D eigenvalue weighted by molar-refractivity contribution is -0.140. The van der Waals surface area contributed by atoms with E-state index in [1.54, 1.807) is 0 Å². The number of benzene rings is 1. The van der Waals surface area contributed by atoms with Crippen molar-refractivity contribution in [2.45, 2.75) is 50.9 Å². The molecule has 1 fully saturated rings. The van der Waals surface area contributed by atoms with Crippen molar-refractivity contribution < 1.29 is 23.9 Å². The highest BCUT2D eigenvalue weighted by atomic mass is 32.2. The van der Waals surface area contributed by atoms with Crippen molar-refractivity contribution in [3.8, 4) is 0 Å². The standard InChI is InChI=1S/C22H31O5S/c1-26-21(24)12-14-28(15-13-22(25)27-2)16-20(23)19-10-8-18(9-11-19)17-6-4-3-5-7-17/h8-11,17H,3-7,12-16H2,1-2H3/q+1. The minimum Gasteiger partial charge on any atom is -0.469 e. The maximum atomic E-state index is 12.7. The van der Waals surface area contributed by atoms with E-state index in [-0.39, 0.29) is 41.5 Å². The number of ether oxygens (including phenoxy) is 2. The number of methoxy groups -OCH3 is 2. The second-order valence-corrected chi connectivity index (χ2v) is 9.53. The quantitative estimate of drug-likeness (QED) is 0.336. The predicted octanol–water partition coefficient (Wildman–Crippen LogP) is 3.66. The van der Waals surface area contributed by atoms with Gasteiger partial charge in [-0.2, -0.15) is 0 Å². The Kier molecular flexibility index (Phi) is 9.55. The van der Waals surface area contributed by atoms with E-state index in [0.717, 1.165) is 0 Å². The molecule has 1 aromatic rings. The van der Waals surface area contributed by atoms with E-state index in [4.69, 9.17) is 9.47 Å². The SMILES string of the molecule is COC(=O)CC[S+](CCC(=O)OC)CC(=O)c1ccc(C2CCCCC2)cc1. The van der Waals surface area contributed by atoms with Crippen LogP contribution in [0.4, 0.5) is 0 Å². The third-order valence-corrected chi connectivity index (χ3v) is 7.52. The number of carbonyl (C=O) groups excluding carboxylic acids is 3. The van der Waals surface area contributed by atoms with Crippen LogP contribution in [-0.2, 0) is 30.0 Å². The zero-order valence-corrected chi connectivity index (χ0v) is 17.7. The molecule has 0 radical (unpaired) electrons. The van der Waals surface area contributed by atoms with Crippen LogP contribution >= 0.6 is 0 Å². The van der Waals surface area contributed by atoms with Crippen LogP contribution in [0.15, 0.2) is 24.3 Å². The fourth-order valence-electron chi connectivity index (χ4n) is 3.55. The highest BCUT2D eigenvalue weighted by Crippen LogP contribution is 2.32. The van der Waals surface area contributed by atoms with Gasteiger partial charge in [-0.05, 0) is 35.2 Å². The lowest BCUT2D eigenvalue weighted by Gasteiger charge is -2.22. The summed E-state index contributed by atoms with van der Waals surface area (Å²) in [6, 6.07) is 8.03. The third-order valence-electron chi connectivity index (χ3n) is 5.29. The molecule has 28 heavy (non-hydrogen) atoms. The molecule has 1 aromatic carbocycles. The molecule has 1 saturated carbocycles. The highest BCUT2D eigenvalue weighted by molar-refractivity contribution is 7.97. The number of carbonyl (C=O) groups is 3. The Hall–Kier alpha value is -1.82. The van der Waals surface area contributed by atoms with Gasteiger partial charge in [0.1, 0.15) is 11.5 Å². The number of esters is 2. The molecule has 5 nitrogen and oxygen atoms in total. The van der Waals surface area contributed by atoms with Gasteiger partial charge in [0.25, 0.3) is 0 Å². The van der Waals surface area contributed by atoms with Crippen LogP contribution in [0, 0.1) is 0 Å². The van der Waals surface area contributed by atoms with Gasteiger partial charge in [0.15, 0.2) is 5.75 Å². The van der Waals surface area contributed by atoms with Gasteiger partial charge in [-0.25, -0.2) is 0 Å². The van der Waals surface area contributed by atoms with Crippen LogP contribution in [0.5, 0.6) is 0 Å². The highest BCUT2D eigenvalue weighted by Gasteiger charge is 2.26. The molecule has 1 aliphatic carbocycles. The Labute approximate surface area is 170 Å². The summed E-state index contributed by atoms with van der Waals surface area (Å²) < 4.78 is 9.39. The number of ketones is 1. The Morgan fingerprint density at radius 2 is 1.43 bits per heavy atom. The summed E-state index contributed by atoms with van der Waals surface area (Å²) in [5, 5.41) is 0. The molecule has 0 amide bonds. The van der Waals surface area contributed by atoms with Gasteiger partial charge < -0.3 is 9.47 Å². The molecule has 0 aromatic heterocycles. The Bertz CT molecular complexity index is 629. The largest absolute Gasteiger partial charge is 0.469 e. The predicted molar refractivity (Wildman–Crippen MR) is 112 cm³/mol. The smallest absolute Gasteiger partial charge is 0.310 e. The zero-order valence-electron chi connectivity index (χ0n) is 16.9. The summed E-state index contributed by atoms with van der Waals surface area (Å²) in [6.45, 7) is 0. The van der Waals surface area contributed by atoms with Crippen molar-refractivity contribution in [3.63, 3.8) is 0 Å². The monoisotopic (exact) mass is 407 g/mol. The fourth-order valence-corrected chi connectivity index (χ4v) is 5.49. The second kappa shape index (κ2) is 11.9. The Balaban J connectivity index is 1.95. The topological polar surface area (TPSA) is 69.7 Å². The first-order valence-electron chi connectivity index (χ1n) is 9.94. The fraction of sp³-hybridized carbons (Fsp3) is 0.591. The van der Waals surface area contributed by atoms with Crippen LogP contribution < -0.4 is 0 Å². The normalized spacial score (nSPS) is 14.7. The van der Waals surface area contributed by atoms with Gasteiger partial charge in [-0.1, -0.05) is 43.5 Å². The van der Waals surface area contributed by atoms with E-state index in [0.29, 0.717) is 28.7 Å². The molecule has 154 valence electrons. The average Bonchev–Trinajstić information content (AvgIpc) is 2.75. The first kappa shape index (κ1) is 22.5. The summed E-state index contributed by atoms with van der Waals surface area (Å²) in [5.74, 6) is 1.54. The molecule has 0 heterocycles. The van der Waals surface area contributed by atoms with Crippen LogP contribution in [0.3, 0.4) is 0 Å². The molecule has 0 spiro atoms. The van der Waals surface area contributed by atoms with E-state index in [1.165, 1.54) is 51.9 Å². The number of Topliss-reactive ketones (excluding diaryl/α,β-unsaturated/α-hetero) is 1. The van der Waals surface area contributed by atoms with Crippen molar-refractivity contribution in [1.29, 1.82) is 0 Å². The molecular weight excluding hydrogens is 376 g/mol. The van der Waals surface area contributed by atoms with Crippen molar-refractivity contribution in [2.75, 3.05) is 31.5 Å². The summed E-state index contributed by atoms with van der Waals surface area (Å²) in [6.07, 6.45) is 6.88. The second-order valence-electron chi connectivity index (χ2n) is 7.20. The lowest BCUT2D eigenvalue weighted by atomic mass is 9.84. The van der Waals surface area contributed by atoms with Crippen molar-refractivity contribution >= 4 is 28.6 Å². The van der Waals surface area contributed by atoms with E-state index in [1.807, 2.05) is 12.1 Å². The molecule has 0 unspecified atom stereocenters. The van der Waals surface area contributed by atoms with Gasteiger partial charge in [-0.3, -0.25) is 14.4 Å². The zero-order chi connectivity index (χ0) is 20.4. The average molecular weight is 408 g/mol. The molecule has 2 rings (SSSR count). The minimum atomic E-state index is -0.360. The molecular formula is C22H31O5S+. The van der Waals surface area contributed by atoms with Gasteiger partial charge in [0, 0.05) is 5.56 Å². The Morgan fingerprint density at radius 1 is 0.893 bits per heavy atom. The molecule has 0 bridgehead atoms. The molecule has 1 aliphatic rings. The summed E-state index contributed by atoms with van der Waals surface area (Å²) in [7, 11) is 2.35. The Morgan fingerprint density at radius 3 is 1.93 bits per heavy atom. The van der Waals surface area contributed by atoms with E-state index in [2.05, 4.69) is 12.1 Å². The number of rotatable bonds is 10. The first-order valence-corrected chi connectivity index (χ1v) is 11.7. The van der Waals surface area contributed by atoms with Crippen LogP contribution in [-0.4, -0.2) is 49.2 Å². The maximum absolute atomic E-state index is 12.7. The number of hydrogen-bond acceptors (Lipinski definition) is 5. The van der Waals surface area contributed by atoms with E-state index in [9.17, 15) is 14.4 Å². The van der Waals surface area contributed by atoms with Crippen LogP contribution in [0.1, 0.15) is 66.8 Å². The van der Waals surface area contributed by atoms with Gasteiger partial charge in [0.2, 0.25) is 5.78 Å². The van der Waals surface area contributed by atoms with E-state index >= 15 is 0 Å². The number of hydrogen-bond donors (Lipinski definition) is 0. The van der Waals surface area contributed by atoms with E-state index < -0.39 is 0 Å². The molecule has 6 heteroatoms. The van der Waals surface area contributed by atoms with Crippen LogP contribution in [0.2, 0.25) is 0 Å². The minimum absolute atomic E-state index is 0.0632. The molecule has 0 N–H and O–H groups in total. The summed E-state index contributed by atoms with van der Waals surface area (Å²) >= 11 is 0. The van der Waals surface area contributed by atoms with Crippen LogP contribution in [0.25, 0.3) is 0 Å². The van der Waals surface area contributed by atoms with Gasteiger partial charge in [-0.15, -0.1) is 0 Å². The molecule has 0 saturated heterocycles. The summed E-state index contributed by atoms with van der Waals surface area (Å²) in [4.78, 5) is 35.7. The first-order chi connectivity index (χ1) is 13.5. The molecule has 0 aliphatic heterocycles. The van der Waals surface area contributed by atoms with Crippen molar-refractivity contribution in [2.24, 2.45) is 0 Å². The summed E-state index contributed by atoms with van der Waals surface area (Å²) in [5.41, 5.74) is 2.03. The van der Waals surface area contributed by atoms with Gasteiger partial charge >= 0.3 is 11.9 Å². The van der Waals surface area contributed by atoms with Crippen molar-refractivity contribution in [1.82, 2.24) is 0 Å². The lowest BCUT2D eigenvalue weighted by Crippen LogP contribution is -2.26. The molecule has 0 atom stereocenters. The third kappa shape index (κ3) is 7.30. The maximum Gasteiger partial charge on any atom is 0.310 e. The van der Waals surface area contributed by atoms with Gasteiger partial charge in [0.05, 0.1) is 27.1 Å².